The van der Waals surface area contributed by atoms with Crippen LogP contribution in [0.1, 0.15) is 61.4 Å². The fraction of sp³-hybridized carbons (Fsp3) is 0.412. The largest absolute Gasteiger partial charge is 0.369 e. The predicted molar refractivity (Wildman–Crippen MR) is 176 cm³/mol. The number of ketones is 1. The minimum Gasteiger partial charge on any atom is -0.369 e. The average Bonchev–Trinajstić information content (AvgIpc) is 3.47. The molecule has 0 radical (unpaired) electrons. The van der Waals surface area contributed by atoms with Gasteiger partial charge in [0.15, 0.2) is 5.78 Å². The third-order valence-electron chi connectivity index (χ3n) is 8.78. The van der Waals surface area contributed by atoms with Crippen molar-refractivity contribution in [2.75, 3.05) is 48.8 Å². The zero-order valence-corrected chi connectivity index (χ0v) is 25.9. The first-order chi connectivity index (χ1) is 21.9. The van der Waals surface area contributed by atoms with E-state index >= 15 is 0 Å². The molecule has 1 amide bonds. The fourth-order valence-electron chi connectivity index (χ4n) is 6.18. The molecule has 1 saturated heterocycles. The first-order valence-electron chi connectivity index (χ1n) is 15.9. The molecule has 2 aromatic heterocycles. The smallest absolute Gasteiger partial charge is 0.231 e. The van der Waals surface area contributed by atoms with Crippen LogP contribution in [0.25, 0.3) is 11.0 Å². The molecule has 4 aromatic rings. The highest BCUT2D eigenvalue weighted by molar-refractivity contribution is 6.18. The van der Waals surface area contributed by atoms with Gasteiger partial charge in [0.05, 0.1) is 10.9 Å². The summed E-state index contributed by atoms with van der Waals surface area (Å²) in [6.45, 7) is 6.08. The van der Waals surface area contributed by atoms with Crippen LogP contribution < -0.4 is 20.9 Å². The molecule has 1 aliphatic carbocycles. The molecule has 2 aliphatic rings. The van der Waals surface area contributed by atoms with Crippen LogP contribution in [-0.2, 0) is 4.79 Å². The molecule has 0 spiro atoms. The van der Waals surface area contributed by atoms with E-state index in [1.807, 2.05) is 19.1 Å². The highest BCUT2D eigenvalue weighted by Gasteiger charge is 2.26. The molecular weight excluding hydrogens is 571 g/mol. The van der Waals surface area contributed by atoms with Crippen molar-refractivity contribution in [3.05, 3.63) is 71.7 Å². The van der Waals surface area contributed by atoms with Crippen molar-refractivity contribution in [3.63, 3.8) is 0 Å². The quantitative estimate of drug-likeness (QED) is 0.174. The molecule has 4 N–H and O–H groups in total. The monoisotopic (exact) mass is 612 g/mol. The number of fused-ring (bicyclic) bond motifs is 1. The Morgan fingerprint density at radius 1 is 0.933 bits per heavy atom. The minimum atomic E-state index is -0.398. The van der Waals surface area contributed by atoms with Crippen LogP contribution in [0.3, 0.4) is 0 Å². The normalized spacial score (nSPS) is 19.0. The Labute approximate surface area is 262 Å². The number of amides is 1. The van der Waals surface area contributed by atoms with Crippen LogP contribution in [0.15, 0.2) is 54.7 Å². The van der Waals surface area contributed by atoms with E-state index < -0.39 is 5.82 Å². The second kappa shape index (κ2) is 13.6. The Bertz CT molecular complexity index is 1620. The van der Waals surface area contributed by atoms with Crippen LogP contribution in [-0.4, -0.2) is 76.9 Å². The number of rotatable bonds is 10. The molecule has 0 atom stereocenters. The third kappa shape index (κ3) is 7.25. The van der Waals surface area contributed by atoms with Crippen molar-refractivity contribution >= 4 is 45.9 Å². The van der Waals surface area contributed by atoms with Crippen LogP contribution in [0.2, 0.25) is 0 Å². The lowest BCUT2D eigenvalue weighted by atomic mass is 9.91. The van der Waals surface area contributed by atoms with Gasteiger partial charge in [-0.1, -0.05) is 6.92 Å². The van der Waals surface area contributed by atoms with Crippen LogP contribution in [0, 0.1) is 5.82 Å². The highest BCUT2D eigenvalue weighted by atomic mass is 19.1. The molecule has 45 heavy (non-hydrogen) atoms. The summed E-state index contributed by atoms with van der Waals surface area (Å²) in [4.78, 5) is 43.2. The van der Waals surface area contributed by atoms with Gasteiger partial charge in [-0.3, -0.25) is 9.59 Å². The number of likely N-dealkylation sites (N-methyl/N-ethyl adjacent to an activating group) is 1. The van der Waals surface area contributed by atoms with E-state index in [-0.39, 0.29) is 23.8 Å². The number of hydrogen-bond donors (Lipinski definition) is 4. The summed E-state index contributed by atoms with van der Waals surface area (Å²) in [5.41, 5.74) is 3.37. The van der Waals surface area contributed by atoms with E-state index in [0.29, 0.717) is 40.3 Å². The van der Waals surface area contributed by atoms with Crippen molar-refractivity contribution in [2.24, 2.45) is 0 Å². The molecule has 3 heterocycles. The maximum atomic E-state index is 13.6. The standard InChI is InChI=1S/C34H41FN8O2/c1-3-4-29(44)37-24-9-11-25(12-10-24)38-33-30-28(31(45)22-5-7-23(35)8-6-22)21-36-32(30)40-34(41-33)39-26-13-15-27(16-14-26)43-19-17-42(2)18-20-43/h5-8,13-16,21,24-25H,3-4,9-12,17-20H2,1-2H3,(H,37,44)(H3,36,38,39,40,41). The van der Waals surface area contributed by atoms with Crippen LogP contribution in [0.5, 0.6) is 0 Å². The first kappa shape index (κ1) is 30.5. The van der Waals surface area contributed by atoms with E-state index in [4.69, 9.17) is 9.97 Å². The third-order valence-corrected chi connectivity index (χ3v) is 8.78. The van der Waals surface area contributed by atoms with Crippen LogP contribution >= 0.6 is 0 Å². The van der Waals surface area contributed by atoms with Gasteiger partial charge >= 0.3 is 0 Å². The number of aromatic nitrogens is 3. The van der Waals surface area contributed by atoms with Gasteiger partial charge in [0, 0.05) is 67.8 Å². The second-order valence-electron chi connectivity index (χ2n) is 12.1. The molecule has 0 bridgehead atoms. The lowest BCUT2D eigenvalue weighted by molar-refractivity contribution is -0.122. The Balaban J connectivity index is 1.24. The summed E-state index contributed by atoms with van der Waals surface area (Å²) in [7, 11) is 2.15. The number of carbonyl (C=O) groups excluding carboxylic acids is 2. The summed E-state index contributed by atoms with van der Waals surface area (Å²) < 4.78 is 13.6. The van der Waals surface area contributed by atoms with Gasteiger partial charge in [-0.15, -0.1) is 0 Å². The molecule has 2 aromatic carbocycles. The highest BCUT2D eigenvalue weighted by Crippen LogP contribution is 2.31. The fourth-order valence-corrected chi connectivity index (χ4v) is 6.18. The van der Waals surface area contributed by atoms with Gasteiger partial charge in [-0.2, -0.15) is 9.97 Å². The summed E-state index contributed by atoms with van der Waals surface area (Å²) >= 11 is 0. The van der Waals surface area contributed by atoms with E-state index in [9.17, 15) is 14.0 Å². The van der Waals surface area contributed by atoms with Crippen molar-refractivity contribution in [3.8, 4) is 0 Å². The van der Waals surface area contributed by atoms with Gasteiger partial charge < -0.3 is 30.7 Å². The van der Waals surface area contributed by atoms with Crippen LogP contribution in [0.4, 0.5) is 27.5 Å². The Morgan fingerprint density at radius 2 is 1.62 bits per heavy atom. The molecule has 1 aliphatic heterocycles. The molecule has 2 fully saturated rings. The number of nitrogens with one attached hydrogen (secondary N) is 4. The van der Waals surface area contributed by atoms with Gasteiger partial charge in [0.2, 0.25) is 11.9 Å². The Hall–Kier alpha value is -4.51. The van der Waals surface area contributed by atoms with E-state index in [2.05, 4.69) is 49.9 Å². The number of piperazine rings is 1. The van der Waals surface area contributed by atoms with E-state index in [1.54, 1.807) is 6.20 Å². The number of anilines is 4. The van der Waals surface area contributed by atoms with Crippen molar-refractivity contribution in [1.29, 1.82) is 0 Å². The number of hydrogen-bond acceptors (Lipinski definition) is 8. The number of H-pyrrole nitrogens is 1. The summed E-state index contributed by atoms with van der Waals surface area (Å²) in [5, 5.41) is 10.7. The van der Waals surface area contributed by atoms with E-state index in [1.165, 1.54) is 30.0 Å². The van der Waals surface area contributed by atoms with Gasteiger partial charge in [-0.05, 0) is 87.7 Å². The predicted octanol–water partition coefficient (Wildman–Crippen LogP) is 5.46. The molecule has 236 valence electrons. The molecular formula is C34H41FN8O2. The molecule has 11 heteroatoms. The lowest BCUT2D eigenvalue weighted by Gasteiger charge is -2.34. The molecule has 1 saturated carbocycles. The van der Waals surface area contributed by atoms with Crippen molar-refractivity contribution < 1.29 is 14.0 Å². The number of nitrogens with zero attached hydrogens (tertiary/aromatic N) is 4. The first-order valence-corrected chi connectivity index (χ1v) is 15.9. The number of halogens is 1. The maximum absolute atomic E-state index is 13.6. The van der Waals surface area contributed by atoms with Gasteiger partial charge in [0.1, 0.15) is 17.3 Å². The average molecular weight is 613 g/mol. The SMILES string of the molecule is CCCC(=O)NC1CCC(Nc2nc(Nc3ccc(N4CCN(C)CC4)cc3)nc3[nH]cc(C(=O)c4ccc(F)cc4)c23)CC1. The number of benzene rings is 2. The van der Waals surface area contributed by atoms with Crippen molar-refractivity contribution in [2.45, 2.75) is 57.5 Å². The Morgan fingerprint density at radius 3 is 2.31 bits per heavy atom. The minimum absolute atomic E-state index is 0.106. The maximum Gasteiger partial charge on any atom is 0.231 e. The van der Waals surface area contributed by atoms with Gasteiger partial charge in [0.25, 0.3) is 0 Å². The Kier molecular flexibility index (Phi) is 9.25. The van der Waals surface area contributed by atoms with E-state index in [0.717, 1.165) is 64.0 Å². The summed E-state index contributed by atoms with van der Waals surface area (Å²) in [6.07, 6.45) is 6.45. The molecule has 6 rings (SSSR count). The number of carbonyl (C=O) groups is 2. The zero-order chi connectivity index (χ0) is 31.3. The molecule has 0 unspecified atom stereocenters. The second-order valence-corrected chi connectivity index (χ2v) is 12.1. The summed E-state index contributed by atoms with van der Waals surface area (Å²) in [5.74, 6) is 0.428. The zero-order valence-electron chi connectivity index (χ0n) is 25.9. The summed E-state index contributed by atoms with van der Waals surface area (Å²) in [6, 6.07) is 14.1. The lowest BCUT2D eigenvalue weighted by Crippen LogP contribution is -2.44. The van der Waals surface area contributed by atoms with Crippen molar-refractivity contribution in [1.82, 2.24) is 25.2 Å². The topological polar surface area (TPSA) is 118 Å². The van der Waals surface area contributed by atoms with Gasteiger partial charge in [-0.25, -0.2) is 4.39 Å². The number of aromatic amines is 1. The molecule has 10 nitrogen and oxygen atoms in total.